The summed E-state index contributed by atoms with van der Waals surface area (Å²) in [4.78, 5) is 20.7. The first-order chi connectivity index (χ1) is 4.56. The molecule has 4 heteroatoms. The average molecular weight is 144 g/mol. The molecule has 0 aromatic carbocycles. The molecule has 0 radical (unpaired) electrons. The first-order valence-electron chi connectivity index (χ1n) is 3.08. The summed E-state index contributed by atoms with van der Waals surface area (Å²) in [6.45, 7) is 3.08. The van der Waals surface area contributed by atoms with E-state index >= 15 is 0 Å². The zero-order valence-corrected chi connectivity index (χ0v) is 6.18. The van der Waals surface area contributed by atoms with Crippen LogP contribution < -0.4 is 11.1 Å². The van der Waals surface area contributed by atoms with Crippen molar-refractivity contribution in [3.8, 4) is 0 Å². The molecular weight excluding hydrogens is 132 g/mol. The number of Topliss-reactive ketones (excluding diaryl/α,β-unsaturated/α-hetero) is 1. The fourth-order valence-corrected chi connectivity index (χ4v) is 0.558. The van der Waals surface area contributed by atoms with Gasteiger partial charge in [0.25, 0.3) is 0 Å². The molecule has 0 bridgehead atoms. The summed E-state index contributed by atoms with van der Waals surface area (Å²) in [5.74, 6) is -0.234. The SMILES string of the molecule is CCC(N)(NC=O)C(C)=O. The van der Waals surface area contributed by atoms with E-state index < -0.39 is 5.66 Å². The zero-order chi connectivity index (χ0) is 8.20. The van der Waals surface area contributed by atoms with Crippen LogP contribution in [0.3, 0.4) is 0 Å². The van der Waals surface area contributed by atoms with Crippen LogP contribution in [-0.4, -0.2) is 17.9 Å². The molecule has 1 unspecified atom stereocenters. The van der Waals surface area contributed by atoms with Gasteiger partial charge in [0.05, 0.1) is 0 Å². The first-order valence-corrected chi connectivity index (χ1v) is 3.08. The summed E-state index contributed by atoms with van der Waals surface area (Å²) in [7, 11) is 0. The Kier molecular flexibility index (Phi) is 3.02. The second kappa shape index (κ2) is 3.31. The van der Waals surface area contributed by atoms with Gasteiger partial charge in [0.2, 0.25) is 6.41 Å². The molecule has 3 N–H and O–H groups in total. The van der Waals surface area contributed by atoms with Crippen molar-refractivity contribution in [1.82, 2.24) is 5.32 Å². The van der Waals surface area contributed by atoms with Crippen molar-refractivity contribution in [2.45, 2.75) is 25.9 Å². The second-order valence-electron chi connectivity index (χ2n) is 2.14. The quantitative estimate of drug-likeness (QED) is 0.408. The van der Waals surface area contributed by atoms with Gasteiger partial charge < -0.3 is 11.1 Å². The van der Waals surface area contributed by atoms with Crippen molar-refractivity contribution in [1.29, 1.82) is 0 Å². The van der Waals surface area contributed by atoms with Gasteiger partial charge in [0.15, 0.2) is 5.78 Å². The van der Waals surface area contributed by atoms with Crippen LogP contribution in [0.4, 0.5) is 0 Å². The van der Waals surface area contributed by atoms with Gasteiger partial charge in [-0.1, -0.05) is 6.92 Å². The van der Waals surface area contributed by atoms with E-state index in [9.17, 15) is 9.59 Å². The molecule has 1 amide bonds. The number of ketones is 1. The van der Waals surface area contributed by atoms with Crippen LogP contribution >= 0.6 is 0 Å². The molecule has 0 aromatic rings. The van der Waals surface area contributed by atoms with E-state index in [-0.39, 0.29) is 5.78 Å². The highest BCUT2D eigenvalue weighted by atomic mass is 16.1. The molecule has 0 fully saturated rings. The van der Waals surface area contributed by atoms with Crippen LogP contribution in [0.15, 0.2) is 0 Å². The number of carbonyl (C=O) groups is 2. The smallest absolute Gasteiger partial charge is 0.208 e. The first kappa shape index (κ1) is 9.10. The predicted molar refractivity (Wildman–Crippen MR) is 37.1 cm³/mol. The van der Waals surface area contributed by atoms with E-state index in [0.717, 1.165) is 0 Å². The summed E-state index contributed by atoms with van der Waals surface area (Å²) >= 11 is 0. The highest BCUT2D eigenvalue weighted by Crippen LogP contribution is 2.00. The third-order valence-corrected chi connectivity index (χ3v) is 1.50. The van der Waals surface area contributed by atoms with Gasteiger partial charge in [-0.2, -0.15) is 0 Å². The molecule has 0 aliphatic rings. The zero-order valence-electron chi connectivity index (χ0n) is 6.18. The van der Waals surface area contributed by atoms with Crippen molar-refractivity contribution in [3.05, 3.63) is 0 Å². The minimum atomic E-state index is -1.16. The molecule has 0 saturated carbocycles. The third kappa shape index (κ3) is 1.80. The van der Waals surface area contributed by atoms with E-state index in [2.05, 4.69) is 5.32 Å². The lowest BCUT2D eigenvalue weighted by Crippen LogP contribution is -2.57. The molecular formula is C6H12N2O2. The number of carbonyl (C=O) groups excluding carboxylic acids is 2. The fraction of sp³-hybridized carbons (Fsp3) is 0.667. The Hall–Kier alpha value is -0.900. The summed E-state index contributed by atoms with van der Waals surface area (Å²) in [6.07, 6.45) is 0.839. The lowest BCUT2D eigenvalue weighted by atomic mass is 10.0. The Balaban J connectivity index is 4.21. The highest BCUT2D eigenvalue weighted by molar-refractivity contribution is 5.87. The van der Waals surface area contributed by atoms with Crippen molar-refractivity contribution in [3.63, 3.8) is 0 Å². The normalized spacial score (nSPS) is 15.5. The van der Waals surface area contributed by atoms with E-state index in [0.29, 0.717) is 12.8 Å². The molecule has 4 nitrogen and oxygen atoms in total. The Morgan fingerprint density at radius 3 is 2.40 bits per heavy atom. The van der Waals surface area contributed by atoms with E-state index in [1.54, 1.807) is 6.92 Å². The lowest BCUT2D eigenvalue weighted by molar-refractivity contribution is -0.126. The number of hydrogen-bond acceptors (Lipinski definition) is 3. The Bertz CT molecular complexity index is 147. The summed E-state index contributed by atoms with van der Waals surface area (Å²) in [5.41, 5.74) is 4.29. The van der Waals surface area contributed by atoms with Crippen LogP contribution in [0.2, 0.25) is 0 Å². The number of nitrogens with one attached hydrogen (secondary N) is 1. The Labute approximate surface area is 59.8 Å². The molecule has 58 valence electrons. The van der Waals surface area contributed by atoms with E-state index in [1.165, 1.54) is 6.92 Å². The van der Waals surface area contributed by atoms with Crippen LogP contribution in [0.5, 0.6) is 0 Å². The number of rotatable bonds is 4. The maximum Gasteiger partial charge on any atom is 0.208 e. The molecule has 0 aliphatic heterocycles. The maximum absolute atomic E-state index is 10.7. The van der Waals surface area contributed by atoms with E-state index in [4.69, 9.17) is 5.73 Å². The molecule has 0 aromatic heterocycles. The molecule has 1 atom stereocenters. The molecule has 0 spiro atoms. The molecule has 0 saturated heterocycles. The van der Waals surface area contributed by atoms with Crippen molar-refractivity contribution in [2.24, 2.45) is 5.73 Å². The largest absolute Gasteiger partial charge is 0.334 e. The Morgan fingerprint density at radius 1 is 1.80 bits per heavy atom. The highest BCUT2D eigenvalue weighted by Gasteiger charge is 2.26. The number of hydrogen-bond donors (Lipinski definition) is 2. The minimum Gasteiger partial charge on any atom is -0.334 e. The standard InChI is InChI=1S/C6H12N2O2/c1-3-6(7,5(2)10)8-4-9/h4H,3,7H2,1-2H3,(H,8,9). The summed E-state index contributed by atoms with van der Waals surface area (Å²) in [6, 6.07) is 0. The van der Waals surface area contributed by atoms with E-state index in [1.807, 2.05) is 0 Å². The lowest BCUT2D eigenvalue weighted by Gasteiger charge is -2.23. The molecule has 0 aliphatic carbocycles. The summed E-state index contributed by atoms with van der Waals surface area (Å²) in [5, 5.41) is 2.26. The molecule has 10 heavy (non-hydrogen) atoms. The minimum absolute atomic E-state index is 0.234. The van der Waals surface area contributed by atoms with Crippen LogP contribution in [0.1, 0.15) is 20.3 Å². The topological polar surface area (TPSA) is 72.2 Å². The van der Waals surface area contributed by atoms with Crippen LogP contribution in [-0.2, 0) is 9.59 Å². The second-order valence-corrected chi connectivity index (χ2v) is 2.14. The number of nitrogens with two attached hydrogens (primary N) is 1. The van der Waals surface area contributed by atoms with Crippen molar-refractivity contribution >= 4 is 12.2 Å². The summed E-state index contributed by atoms with van der Waals surface area (Å²) < 4.78 is 0. The Morgan fingerprint density at radius 2 is 2.30 bits per heavy atom. The fourth-order valence-electron chi connectivity index (χ4n) is 0.558. The van der Waals surface area contributed by atoms with Crippen molar-refractivity contribution < 1.29 is 9.59 Å². The monoisotopic (exact) mass is 144 g/mol. The van der Waals surface area contributed by atoms with Gasteiger partial charge in [-0.15, -0.1) is 0 Å². The molecule has 0 heterocycles. The predicted octanol–water partition coefficient (Wildman–Crippen LogP) is -0.614. The van der Waals surface area contributed by atoms with Crippen LogP contribution in [0, 0.1) is 0 Å². The van der Waals surface area contributed by atoms with Gasteiger partial charge in [-0.3, -0.25) is 9.59 Å². The van der Waals surface area contributed by atoms with Gasteiger partial charge in [0.1, 0.15) is 5.66 Å². The van der Waals surface area contributed by atoms with Crippen molar-refractivity contribution in [2.75, 3.05) is 0 Å². The number of amides is 1. The average Bonchev–Trinajstić information content (AvgIpc) is 1.88. The van der Waals surface area contributed by atoms with Gasteiger partial charge >= 0.3 is 0 Å². The van der Waals surface area contributed by atoms with Gasteiger partial charge in [0, 0.05) is 0 Å². The maximum atomic E-state index is 10.7. The molecule has 0 rings (SSSR count). The van der Waals surface area contributed by atoms with Gasteiger partial charge in [-0.25, -0.2) is 0 Å². The van der Waals surface area contributed by atoms with Crippen LogP contribution in [0.25, 0.3) is 0 Å². The third-order valence-electron chi connectivity index (χ3n) is 1.50. The van der Waals surface area contributed by atoms with Gasteiger partial charge in [-0.05, 0) is 13.3 Å².